The largest absolute Gasteiger partial charge is 0.368 e. The molecule has 0 saturated carbocycles. The van der Waals surface area contributed by atoms with Crippen molar-refractivity contribution in [1.29, 1.82) is 0 Å². The topological polar surface area (TPSA) is 229 Å². The first-order valence-corrected chi connectivity index (χ1v) is 14.6. The second-order valence-corrected chi connectivity index (χ2v) is 11.3. The number of nitrogens with one attached hydrogen (secondary N) is 4. The van der Waals surface area contributed by atoms with Crippen molar-refractivity contribution in [2.75, 3.05) is 24.6 Å². The number of carbonyl (C=O) groups excluding carboxylic acids is 6. The van der Waals surface area contributed by atoms with E-state index in [1.54, 1.807) is 0 Å². The van der Waals surface area contributed by atoms with Crippen LogP contribution < -0.4 is 38.5 Å². The number of primary amides is 2. The van der Waals surface area contributed by atoms with Crippen LogP contribution in [0.4, 0.5) is 0 Å². The zero-order valence-electron chi connectivity index (χ0n) is 21.8. The van der Waals surface area contributed by atoms with E-state index in [0.717, 1.165) is 37.9 Å². The quantitative estimate of drug-likeness (QED) is 0.0869. The Kier molecular flexibility index (Phi) is 13.2. The Bertz CT molecular complexity index is 1250. The second kappa shape index (κ2) is 16.3. The lowest BCUT2D eigenvalue weighted by Crippen LogP contribution is -2.51. The molecule has 3 atom stereocenters. The van der Waals surface area contributed by atoms with Crippen molar-refractivity contribution >= 4 is 67.8 Å². The van der Waals surface area contributed by atoms with Crippen molar-refractivity contribution in [3.8, 4) is 0 Å². The van der Waals surface area contributed by atoms with Gasteiger partial charge in [-0.2, -0.15) is 0 Å². The minimum Gasteiger partial charge on any atom is -0.368 e. The highest BCUT2D eigenvalue weighted by Gasteiger charge is 2.23. The van der Waals surface area contributed by atoms with E-state index in [1.165, 1.54) is 6.92 Å². The van der Waals surface area contributed by atoms with Crippen LogP contribution in [0, 0.1) is 0 Å². The maximum Gasteiger partial charge on any atom is 0.243 e. The molecular formula is C25H33N7O6S2. The van der Waals surface area contributed by atoms with E-state index in [-0.39, 0.29) is 24.5 Å². The minimum absolute atomic E-state index is 0.0524. The molecule has 10 N–H and O–H groups in total. The van der Waals surface area contributed by atoms with E-state index in [4.69, 9.17) is 17.2 Å². The monoisotopic (exact) mass is 591 g/mol. The van der Waals surface area contributed by atoms with Crippen LogP contribution in [0.25, 0.3) is 10.8 Å². The van der Waals surface area contributed by atoms with Gasteiger partial charge in [-0.05, 0) is 22.8 Å². The van der Waals surface area contributed by atoms with Crippen LogP contribution in [0.5, 0.6) is 0 Å². The minimum atomic E-state index is -1.06. The number of benzene rings is 2. The number of hydrogen-bond acceptors (Lipinski definition) is 9. The lowest BCUT2D eigenvalue weighted by atomic mass is 10.0. The molecule has 0 aromatic heterocycles. The Balaban J connectivity index is 1.78. The summed E-state index contributed by atoms with van der Waals surface area (Å²) in [5.41, 5.74) is 17.3. The Morgan fingerprint density at radius 2 is 1.43 bits per heavy atom. The predicted molar refractivity (Wildman–Crippen MR) is 154 cm³/mol. The molecule has 216 valence electrons. The molecule has 2 aromatic rings. The summed E-state index contributed by atoms with van der Waals surface area (Å²) in [7, 11) is 2.27. The summed E-state index contributed by atoms with van der Waals surface area (Å²) in [6.45, 7) is 0.448. The lowest BCUT2D eigenvalue weighted by Gasteiger charge is -2.18. The lowest BCUT2D eigenvalue weighted by molar-refractivity contribution is -0.128. The zero-order chi connectivity index (χ0) is 29.7. The molecule has 0 saturated heterocycles. The van der Waals surface area contributed by atoms with Crippen molar-refractivity contribution in [3.05, 3.63) is 48.0 Å². The number of hydrogen-bond donors (Lipinski definition) is 7. The normalized spacial score (nSPS) is 12.9. The van der Waals surface area contributed by atoms with E-state index in [0.29, 0.717) is 0 Å². The summed E-state index contributed by atoms with van der Waals surface area (Å²) in [6, 6.07) is 10.7. The van der Waals surface area contributed by atoms with Crippen molar-refractivity contribution in [2.45, 2.75) is 31.5 Å². The third-order valence-electron chi connectivity index (χ3n) is 5.39. The van der Waals surface area contributed by atoms with E-state index in [1.807, 2.05) is 42.5 Å². The van der Waals surface area contributed by atoms with Gasteiger partial charge in [0.05, 0.1) is 19.1 Å². The fraction of sp³-hybridized carbons (Fsp3) is 0.360. The van der Waals surface area contributed by atoms with Gasteiger partial charge in [-0.15, -0.1) is 0 Å². The Labute approximate surface area is 238 Å². The number of fused-ring (bicyclic) bond motifs is 1. The van der Waals surface area contributed by atoms with E-state index < -0.39 is 60.1 Å². The Hall–Kier alpha value is -3.82. The molecule has 0 bridgehead atoms. The molecule has 0 heterocycles. The third kappa shape index (κ3) is 11.5. The van der Waals surface area contributed by atoms with Gasteiger partial charge in [0.25, 0.3) is 0 Å². The summed E-state index contributed by atoms with van der Waals surface area (Å²) in [6.07, 6.45) is 0.274. The first-order valence-electron chi connectivity index (χ1n) is 12.1. The smallest absolute Gasteiger partial charge is 0.243 e. The van der Waals surface area contributed by atoms with Crippen molar-refractivity contribution in [3.63, 3.8) is 0 Å². The molecule has 15 heteroatoms. The van der Waals surface area contributed by atoms with Gasteiger partial charge >= 0.3 is 0 Å². The fourth-order valence-electron chi connectivity index (χ4n) is 3.41. The number of carbonyl (C=O) groups is 6. The first kappa shape index (κ1) is 32.4. The van der Waals surface area contributed by atoms with Crippen LogP contribution in [0.1, 0.15) is 12.5 Å². The van der Waals surface area contributed by atoms with Crippen molar-refractivity contribution in [1.82, 2.24) is 21.3 Å². The highest BCUT2D eigenvalue weighted by Crippen LogP contribution is 2.23. The van der Waals surface area contributed by atoms with Gasteiger partial charge in [-0.1, -0.05) is 64.1 Å². The van der Waals surface area contributed by atoms with Crippen LogP contribution >= 0.6 is 21.6 Å². The average molecular weight is 592 g/mol. The van der Waals surface area contributed by atoms with Crippen molar-refractivity contribution in [2.24, 2.45) is 17.2 Å². The average Bonchev–Trinajstić information content (AvgIpc) is 2.90. The van der Waals surface area contributed by atoms with Crippen LogP contribution in [-0.4, -0.2) is 78.2 Å². The second-order valence-electron chi connectivity index (χ2n) is 8.74. The van der Waals surface area contributed by atoms with Crippen molar-refractivity contribution < 1.29 is 28.8 Å². The molecular weight excluding hydrogens is 558 g/mol. The molecule has 0 aliphatic rings. The summed E-state index contributed by atoms with van der Waals surface area (Å²) < 4.78 is 0. The molecule has 0 fully saturated rings. The molecule has 13 nitrogen and oxygen atoms in total. The summed E-state index contributed by atoms with van der Waals surface area (Å²) >= 11 is 0. The van der Waals surface area contributed by atoms with Gasteiger partial charge in [0.2, 0.25) is 35.4 Å². The SMILES string of the molecule is CC(=O)N[C@H](CSSCC(NC(=O)CNC(=O)C(N)Cc1ccc2ccccc2c1)C(N)=O)C(=O)NCC(N)=O. The molecule has 40 heavy (non-hydrogen) atoms. The van der Waals surface area contributed by atoms with Gasteiger partial charge in [0.15, 0.2) is 0 Å². The van der Waals surface area contributed by atoms with E-state index >= 15 is 0 Å². The fourth-order valence-corrected chi connectivity index (χ4v) is 5.75. The highest BCUT2D eigenvalue weighted by molar-refractivity contribution is 8.76. The Morgan fingerprint density at radius 3 is 2.05 bits per heavy atom. The van der Waals surface area contributed by atoms with Gasteiger partial charge in [-0.3, -0.25) is 28.8 Å². The van der Waals surface area contributed by atoms with E-state index in [9.17, 15) is 28.8 Å². The summed E-state index contributed by atoms with van der Waals surface area (Å²) in [4.78, 5) is 71.0. The summed E-state index contributed by atoms with van der Waals surface area (Å²) in [5.74, 6) is -3.60. The Morgan fingerprint density at radius 1 is 0.800 bits per heavy atom. The number of amides is 6. The molecule has 6 amide bonds. The van der Waals surface area contributed by atoms with Gasteiger partial charge < -0.3 is 38.5 Å². The molecule has 0 aliphatic carbocycles. The predicted octanol–water partition coefficient (Wildman–Crippen LogP) is -1.72. The van der Waals surface area contributed by atoms with Crippen LogP contribution in [0.15, 0.2) is 42.5 Å². The molecule has 0 aliphatic heterocycles. The van der Waals surface area contributed by atoms with Gasteiger partial charge in [0.1, 0.15) is 12.1 Å². The van der Waals surface area contributed by atoms with Gasteiger partial charge in [0, 0.05) is 18.4 Å². The van der Waals surface area contributed by atoms with Crippen LogP contribution in [0.2, 0.25) is 0 Å². The maximum absolute atomic E-state index is 12.4. The first-order chi connectivity index (χ1) is 19.0. The third-order valence-corrected chi connectivity index (χ3v) is 7.81. The molecule has 2 rings (SSSR count). The van der Waals surface area contributed by atoms with Crippen LogP contribution in [-0.2, 0) is 35.2 Å². The van der Waals surface area contributed by atoms with Crippen LogP contribution in [0.3, 0.4) is 0 Å². The molecule has 0 spiro atoms. The van der Waals surface area contributed by atoms with E-state index in [2.05, 4.69) is 21.3 Å². The molecule has 2 aromatic carbocycles. The molecule has 0 radical (unpaired) electrons. The number of rotatable bonds is 16. The zero-order valence-corrected chi connectivity index (χ0v) is 23.4. The number of nitrogens with two attached hydrogens (primary N) is 3. The van der Waals surface area contributed by atoms with Gasteiger partial charge in [-0.25, -0.2) is 0 Å². The highest BCUT2D eigenvalue weighted by atomic mass is 33.1. The summed E-state index contributed by atoms with van der Waals surface area (Å²) in [5, 5.41) is 11.8. The molecule has 2 unspecified atom stereocenters. The maximum atomic E-state index is 12.4. The standard InChI is InChI=1S/C25H33N7O6S2/c1-14(33)31-20(25(38)29-10-21(27)34)13-40-39-12-19(23(28)36)32-22(35)11-30-24(37)18(26)9-15-6-7-16-4-2-3-5-17(16)8-15/h2-8,18-20H,9-13,26H2,1H3,(H2,27,34)(H2,28,36)(H,29,38)(H,30,37)(H,31,33)(H,32,35)/t18?,19?,20-/m1/s1.